The van der Waals surface area contributed by atoms with E-state index >= 15 is 8.78 Å². The van der Waals surface area contributed by atoms with E-state index in [9.17, 15) is 14.8 Å². The van der Waals surface area contributed by atoms with Gasteiger partial charge in [-0.15, -0.1) is 4.57 Å². The molecule has 4 heterocycles. The zero-order valence-electron chi connectivity index (χ0n) is 27.6. The topological polar surface area (TPSA) is 120 Å². The number of carbonyl (C=O) groups is 1. The highest BCUT2D eigenvalue weighted by Gasteiger charge is 2.36. The molecule has 1 amide bonds. The van der Waals surface area contributed by atoms with Crippen LogP contribution in [0.5, 0.6) is 0 Å². The van der Waals surface area contributed by atoms with Crippen molar-refractivity contribution in [2.75, 3.05) is 24.5 Å². The van der Waals surface area contributed by atoms with Gasteiger partial charge in [0.15, 0.2) is 23.0 Å². The molecule has 0 N–H and O–H groups in total. The minimum atomic E-state index is -1.06. The molecule has 11 nitrogen and oxygen atoms in total. The summed E-state index contributed by atoms with van der Waals surface area (Å²) >= 11 is 6.32. The molecule has 0 saturated carbocycles. The Balaban J connectivity index is 1.82. The first-order valence-electron chi connectivity index (χ1n) is 15.4. The minimum absolute atomic E-state index is 0.000792. The summed E-state index contributed by atoms with van der Waals surface area (Å²) in [5.41, 5.74) is -1.78. The molecule has 1 aliphatic rings. The average Bonchev–Trinajstić information content (AvgIpc) is 2.97. The number of hydrogen-bond donors (Lipinski definition) is 0. The highest BCUT2D eigenvalue weighted by Crippen LogP contribution is 2.36. The van der Waals surface area contributed by atoms with E-state index in [0.717, 1.165) is 16.7 Å². The molecule has 47 heavy (non-hydrogen) atoms. The molecule has 5 rings (SSSR count). The maximum Gasteiger partial charge on any atom is 0.442 e. The second kappa shape index (κ2) is 12.7. The number of carbonyl (C=O) groups excluding carboxylic acids is 1. The van der Waals surface area contributed by atoms with Crippen molar-refractivity contribution in [3.63, 3.8) is 0 Å². The molecule has 0 bridgehead atoms. The lowest BCUT2D eigenvalue weighted by Crippen LogP contribution is -2.55. The normalized spacial score (nSPS) is 15.6. The summed E-state index contributed by atoms with van der Waals surface area (Å²) in [6.45, 7) is 15.3. The summed E-state index contributed by atoms with van der Waals surface area (Å²) in [6, 6.07) is 4.42. The first-order valence-corrected chi connectivity index (χ1v) is 15.8. The molecule has 1 aromatic carbocycles. The standard InChI is InChI=1S/C33H38ClF2N7O4/c1-17(2)25-28(26(18(3)4)38-16-37-25)42-30-20(14-23(36)27(43(30)46)24-21(34)10-9-11-22(24)35)29(39-31(42)44)41-13-12-40(15-19(41)5)32(45)47-33(6,7)8/h9-11,14,16-19H,12-13,15H2,1-8H3/t19-/m0/s1. The zero-order valence-corrected chi connectivity index (χ0v) is 28.4. The van der Waals surface area contributed by atoms with E-state index in [1.54, 1.807) is 30.6 Å². The molecule has 1 fully saturated rings. The summed E-state index contributed by atoms with van der Waals surface area (Å²) in [7, 11) is 0. The maximum absolute atomic E-state index is 16.2. The number of aromatic nitrogens is 5. The molecule has 3 aromatic heterocycles. The Morgan fingerprint density at radius 1 is 1.09 bits per heavy atom. The molecule has 250 valence electrons. The van der Waals surface area contributed by atoms with E-state index in [-0.39, 0.29) is 63.8 Å². The first kappa shape index (κ1) is 34.0. The van der Waals surface area contributed by atoms with Crippen molar-refractivity contribution in [1.82, 2.24) is 24.4 Å². The number of halogens is 3. The van der Waals surface area contributed by atoms with Gasteiger partial charge in [0, 0.05) is 25.7 Å². The van der Waals surface area contributed by atoms with Crippen LogP contribution in [0, 0.1) is 16.8 Å². The smallest absolute Gasteiger partial charge is 0.442 e. The van der Waals surface area contributed by atoms with E-state index in [2.05, 4.69) is 15.0 Å². The molecule has 1 atom stereocenters. The quantitative estimate of drug-likeness (QED) is 0.185. The predicted octanol–water partition coefficient (Wildman–Crippen LogP) is 6.10. The fourth-order valence-electron chi connectivity index (χ4n) is 5.85. The number of rotatable bonds is 5. The van der Waals surface area contributed by atoms with Gasteiger partial charge in [0.05, 0.1) is 22.0 Å². The van der Waals surface area contributed by atoms with Crippen LogP contribution in [0.3, 0.4) is 0 Å². The van der Waals surface area contributed by atoms with Crippen LogP contribution in [0.1, 0.15) is 78.6 Å². The van der Waals surface area contributed by atoms with Gasteiger partial charge in [0.2, 0.25) is 0 Å². The largest absolute Gasteiger partial charge is 0.710 e. The summed E-state index contributed by atoms with van der Waals surface area (Å²) in [5.74, 6) is -2.36. The van der Waals surface area contributed by atoms with Crippen molar-refractivity contribution >= 4 is 34.5 Å². The van der Waals surface area contributed by atoms with Gasteiger partial charge in [0.25, 0.3) is 0 Å². The third-order valence-corrected chi connectivity index (χ3v) is 8.24. The summed E-state index contributed by atoms with van der Waals surface area (Å²) in [4.78, 5) is 43.7. The van der Waals surface area contributed by atoms with Gasteiger partial charge in [-0.3, -0.25) is 0 Å². The van der Waals surface area contributed by atoms with E-state index in [1.807, 2.05) is 34.6 Å². The lowest BCUT2D eigenvalue weighted by Gasteiger charge is -2.40. The van der Waals surface area contributed by atoms with Gasteiger partial charge in [-0.05, 0) is 57.7 Å². The second-order valence-electron chi connectivity index (χ2n) is 13.3. The van der Waals surface area contributed by atoms with Gasteiger partial charge in [0.1, 0.15) is 23.1 Å². The molecule has 0 unspecified atom stereocenters. The van der Waals surface area contributed by atoms with Crippen molar-refractivity contribution in [3.05, 3.63) is 74.3 Å². The van der Waals surface area contributed by atoms with Crippen molar-refractivity contribution in [1.29, 1.82) is 0 Å². The van der Waals surface area contributed by atoms with E-state index in [4.69, 9.17) is 16.3 Å². The van der Waals surface area contributed by atoms with Crippen LogP contribution >= 0.6 is 11.6 Å². The van der Waals surface area contributed by atoms with Crippen LogP contribution in [0.15, 0.2) is 35.4 Å². The van der Waals surface area contributed by atoms with Gasteiger partial charge in [-0.25, -0.2) is 33.1 Å². The third kappa shape index (κ3) is 6.32. The van der Waals surface area contributed by atoms with Crippen LogP contribution < -0.4 is 15.3 Å². The van der Waals surface area contributed by atoms with E-state index in [0.29, 0.717) is 11.4 Å². The molecule has 0 spiro atoms. The number of hydrogen-bond acceptors (Lipinski definition) is 8. The third-order valence-electron chi connectivity index (χ3n) is 7.93. The maximum atomic E-state index is 16.2. The Bertz CT molecular complexity index is 1880. The molecule has 14 heteroatoms. The molecular weight excluding hydrogens is 632 g/mol. The van der Waals surface area contributed by atoms with Crippen LogP contribution in [-0.2, 0) is 4.74 Å². The lowest BCUT2D eigenvalue weighted by molar-refractivity contribution is -0.569. The molecule has 0 aliphatic carbocycles. The summed E-state index contributed by atoms with van der Waals surface area (Å²) in [5, 5.41) is 14.3. The lowest BCUT2D eigenvalue weighted by atomic mass is 10.0. The summed E-state index contributed by atoms with van der Waals surface area (Å²) in [6.07, 6.45) is 0.906. The predicted molar refractivity (Wildman–Crippen MR) is 175 cm³/mol. The van der Waals surface area contributed by atoms with Gasteiger partial charge >= 0.3 is 17.4 Å². The Morgan fingerprint density at radius 2 is 1.72 bits per heavy atom. The number of benzene rings is 1. The Hall–Kier alpha value is -4.39. The number of piperazine rings is 1. The van der Waals surface area contributed by atoms with Crippen molar-refractivity contribution in [2.45, 2.75) is 78.9 Å². The Labute approximate surface area is 276 Å². The average molecular weight is 670 g/mol. The molecular formula is C33H38ClF2N7O4. The van der Waals surface area contributed by atoms with E-state index in [1.165, 1.54) is 18.5 Å². The second-order valence-corrected chi connectivity index (χ2v) is 13.7. The zero-order chi connectivity index (χ0) is 34.5. The number of nitrogens with zero attached hydrogens (tertiary/aromatic N) is 7. The molecule has 4 aromatic rings. The van der Waals surface area contributed by atoms with Crippen LogP contribution in [0.25, 0.3) is 28.0 Å². The summed E-state index contributed by atoms with van der Waals surface area (Å²) < 4.78 is 38.2. The van der Waals surface area contributed by atoms with E-state index < -0.39 is 46.3 Å². The van der Waals surface area contributed by atoms with Crippen molar-refractivity contribution in [2.24, 2.45) is 0 Å². The van der Waals surface area contributed by atoms with Gasteiger partial charge in [-0.2, -0.15) is 4.98 Å². The SMILES string of the molecule is CC(C)c1ncnc(C(C)C)c1-n1c(=O)nc(N2CCN(C(=O)OC(C)(C)C)C[C@@H]2C)c2cc(F)c(-c3c(F)cccc3Cl)[n+]([O-])c21. The van der Waals surface area contributed by atoms with Crippen LogP contribution in [-0.4, -0.2) is 61.8 Å². The van der Waals surface area contributed by atoms with Gasteiger partial charge in [-0.1, -0.05) is 45.4 Å². The number of fused-ring (bicyclic) bond motifs is 1. The van der Waals surface area contributed by atoms with Crippen molar-refractivity contribution < 1.29 is 23.0 Å². The van der Waals surface area contributed by atoms with Crippen LogP contribution in [0.4, 0.5) is 19.4 Å². The number of anilines is 1. The minimum Gasteiger partial charge on any atom is -0.710 e. The molecule has 1 saturated heterocycles. The highest BCUT2D eigenvalue weighted by atomic mass is 35.5. The Kier molecular flexibility index (Phi) is 9.15. The number of ether oxygens (including phenoxy) is 1. The first-order chi connectivity index (χ1) is 22.0. The number of amides is 1. The monoisotopic (exact) mass is 669 g/mol. The van der Waals surface area contributed by atoms with Crippen molar-refractivity contribution in [3.8, 4) is 16.9 Å². The number of pyridine rings is 1. The molecule has 0 radical (unpaired) electrons. The fraction of sp³-hybridized carbons (Fsp3) is 0.455. The van der Waals surface area contributed by atoms with Crippen LogP contribution in [0.2, 0.25) is 5.02 Å². The highest BCUT2D eigenvalue weighted by molar-refractivity contribution is 6.33. The van der Waals surface area contributed by atoms with Gasteiger partial charge < -0.3 is 19.7 Å². The Morgan fingerprint density at radius 3 is 2.28 bits per heavy atom. The molecule has 1 aliphatic heterocycles. The fourth-order valence-corrected chi connectivity index (χ4v) is 6.10.